The third kappa shape index (κ3) is 3.06. The molecule has 0 spiro atoms. The molecule has 134 valence electrons. The van der Waals surface area contributed by atoms with E-state index in [-0.39, 0.29) is 33.5 Å². The van der Waals surface area contributed by atoms with E-state index in [9.17, 15) is 14.0 Å². The highest BCUT2D eigenvalue weighted by Crippen LogP contribution is 2.55. The molecule has 3 nitrogen and oxygen atoms in total. The van der Waals surface area contributed by atoms with Gasteiger partial charge < -0.3 is 0 Å². The predicted molar refractivity (Wildman–Crippen MR) is 96.6 cm³/mol. The van der Waals surface area contributed by atoms with Crippen molar-refractivity contribution in [1.29, 1.82) is 0 Å². The van der Waals surface area contributed by atoms with Crippen LogP contribution in [0.2, 0.25) is 0 Å². The van der Waals surface area contributed by atoms with Gasteiger partial charge in [0.1, 0.15) is 5.82 Å². The number of hydrogen-bond donors (Lipinski definition) is 0. The number of nitrogens with zero attached hydrogens (tertiary/aromatic N) is 1. The summed E-state index contributed by atoms with van der Waals surface area (Å²) in [6.45, 7) is 1.60. The van der Waals surface area contributed by atoms with Crippen LogP contribution in [-0.4, -0.2) is 26.7 Å². The van der Waals surface area contributed by atoms with E-state index >= 15 is 0 Å². The van der Waals surface area contributed by atoms with Gasteiger partial charge >= 0.3 is 0 Å². The van der Waals surface area contributed by atoms with Crippen molar-refractivity contribution < 1.29 is 14.0 Å². The summed E-state index contributed by atoms with van der Waals surface area (Å²) in [5.41, 5.74) is 0.488. The number of benzene rings is 1. The lowest BCUT2D eigenvalue weighted by Crippen LogP contribution is -2.52. The first-order valence-corrected chi connectivity index (χ1v) is 10.1. The Kier molecular flexibility index (Phi) is 4.49. The molecule has 0 radical (unpaired) electrons. The lowest BCUT2D eigenvalue weighted by molar-refractivity contribution is -0.128. The fourth-order valence-corrected chi connectivity index (χ4v) is 6.10. The van der Waals surface area contributed by atoms with Crippen LogP contribution in [-0.2, 0) is 9.59 Å². The molecule has 3 fully saturated rings. The average molecular weight is 361 g/mol. The molecule has 0 aromatic heterocycles. The highest BCUT2D eigenvalue weighted by Gasteiger charge is 2.55. The lowest BCUT2D eigenvalue weighted by Gasteiger charge is -2.47. The molecule has 2 heterocycles. The Labute approximate surface area is 152 Å². The molecular formula is C20H24FNO2S. The van der Waals surface area contributed by atoms with E-state index in [0.717, 1.165) is 44.9 Å². The number of carbonyl (C=O) groups is 2. The Hall–Kier alpha value is -1.20. The molecule has 3 unspecified atom stereocenters. The van der Waals surface area contributed by atoms with Crippen molar-refractivity contribution in [2.75, 3.05) is 0 Å². The van der Waals surface area contributed by atoms with Crippen molar-refractivity contribution >= 4 is 22.7 Å². The first-order valence-electron chi connectivity index (χ1n) is 9.28. The molecule has 2 aliphatic heterocycles. The van der Waals surface area contributed by atoms with Crippen LogP contribution in [0.4, 0.5) is 4.39 Å². The molecule has 1 aromatic carbocycles. The van der Waals surface area contributed by atoms with Crippen LogP contribution >= 0.6 is 11.8 Å². The van der Waals surface area contributed by atoms with Gasteiger partial charge in [-0.15, -0.1) is 0 Å². The molecule has 2 saturated heterocycles. The minimum absolute atomic E-state index is 0.0605. The third-order valence-electron chi connectivity index (χ3n) is 5.90. The first-order chi connectivity index (χ1) is 12.0. The van der Waals surface area contributed by atoms with Gasteiger partial charge in [-0.2, -0.15) is 0 Å². The Bertz CT molecular complexity index is 701. The maximum atomic E-state index is 14.6. The summed E-state index contributed by atoms with van der Waals surface area (Å²) in [4.78, 5) is 27.1. The van der Waals surface area contributed by atoms with Crippen molar-refractivity contribution in [3.63, 3.8) is 0 Å². The molecular weight excluding hydrogens is 337 g/mol. The zero-order chi connectivity index (χ0) is 17.6. The standard InChI is InChI=1S/C20H24FNO2S/c1-13(23)25-20-11-4-5-15(10-12-20)22(20)18(19(24)14-8-9-14)16-6-2-3-7-17(16)21/h2-3,6-7,14-15,18H,4-5,8-12H2,1H3. The second kappa shape index (κ2) is 6.51. The van der Waals surface area contributed by atoms with E-state index in [2.05, 4.69) is 4.90 Å². The summed E-state index contributed by atoms with van der Waals surface area (Å²) < 4.78 is 14.6. The van der Waals surface area contributed by atoms with Crippen molar-refractivity contribution in [1.82, 2.24) is 4.90 Å². The van der Waals surface area contributed by atoms with Crippen LogP contribution in [0.3, 0.4) is 0 Å². The van der Waals surface area contributed by atoms with Gasteiger partial charge in [0.25, 0.3) is 0 Å². The average Bonchev–Trinajstić information content (AvgIpc) is 3.38. The van der Waals surface area contributed by atoms with Gasteiger partial charge in [-0.3, -0.25) is 14.5 Å². The zero-order valence-electron chi connectivity index (χ0n) is 14.5. The highest BCUT2D eigenvalue weighted by atomic mass is 32.2. The maximum Gasteiger partial charge on any atom is 0.187 e. The molecule has 3 aliphatic rings. The number of carbonyl (C=O) groups excluding carboxylic acids is 2. The molecule has 0 N–H and O–H groups in total. The summed E-state index contributed by atoms with van der Waals surface area (Å²) in [6.07, 6.45) is 6.72. The second-order valence-electron chi connectivity index (χ2n) is 7.63. The molecule has 0 amide bonds. The molecule has 3 atom stereocenters. The fraction of sp³-hybridized carbons (Fsp3) is 0.600. The van der Waals surface area contributed by atoms with Gasteiger partial charge in [-0.05, 0) is 51.0 Å². The third-order valence-corrected chi connectivity index (χ3v) is 7.18. The van der Waals surface area contributed by atoms with E-state index < -0.39 is 6.04 Å². The summed E-state index contributed by atoms with van der Waals surface area (Å²) in [5, 5.41) is 0.0821. The lowest BCUT2D eigenvalue weighted by atomic mass is 9.91. The predicted octanol–water partition coefficient (Wildman–Crippen LogP) is 4.47. The number of fused-ring (bicyclic) bond motifs is 2. The number of rotatable bonds is 5. The SMILES string of the molecule is CC(=O)SC12CCCC(CC1)N2C(C(=O)C1CC1)c1ccccc1F. The van der Waals surface area contributed by atoms with Gasteiger partial charge in [0.2, 0.25) is 0 Å². The normalized spacial score (nSPS) is 30.2. The first kappa shape index (κ1) is 17.2. The van der Waals surface area contributed by atoms with Crippen LogP contribution in [0.15, 0.2) is 24.3 Å². The topological polar surface area (TPSA) is 37.4 Å². The fourth-order valence-electron chi connectivity index (χ4n) is 4.74. The monoisotopic (exact) mass is 361 g/mol. The Balaban J connectivity index is 1.79. The Morgan fingerprint density at radius 3 is 2.64 bits per heavy atom. The molecule has 25 heavy (non-hydrogen) atoms. The molecule has 2 bridgehead atoms. The molecule has 4 rings (SSSR count). The summed E-state index contributed by atoms with van der Waals surface area (Å²) in [5.74, 6) is -0.104. The Morgan fingerprint density at radius 2 is 1.96 bits per heavy atom. The number of halogens is 1. The van der Waals surface area contributed by atoms with Crippen molar-refractivity contribution in [2.45, 2.75) is 68.8 Å². The van der Waals surface area contributed by atoms with Gasteiger partial charge in [0.05, 0.1) is 10.9 Å². The highest BCUT2D eigenvalue weighted by molar-refractivity contribution is 8.14. The van der Waals surface area contributed by atoms with Gasteiger partial charge in [-0.25, -0.2) is 4.39 Å². The summed E-state index contributed by atoms with van der Waals surface area (Å²) >= 11 is 1.36. The van der Waals surface area contributed by atoms with Crippen molar-refractivity contribution in [3.8, 4) is 0 Å². The minimum Gasteiger partial charge on any atom is -0.297 e. The van der Waals surface area contributed by atoms with Gasteiger partial charge in [0, 0.05) is 24.4 Å². The van der Waals surface area contributed by atoms with E-state index in [4.69, 9.17) is 0 Å². The number of hydrogen-bond acceptors (Lipinski definition) is 4. The molecule has 1 aromatic rings. The number of ketones is 1. The van der Waals surface area contributed by atoms with Gasteiger partial charge in [-0.1, -0.05) is 30.0 Å². The molecule has 5 heteroatoms. The van der Waals surface area contributed by atoms with Gasteiger partial charge in [0.15, 0.2) is 10.9 Å². The largest absolute Gasteiger partial charge is 0.297 e. The smallest absolute Gasteiger partial charge is 0.187 e. The zero-order valence-corrected chi connectivity index (χ0v) is 15.4. The van der Waals surface area contributed by atoms with E-state index in [1.807, 2.05) is 6.07 Å². The second-order valence-corrected chi connectivity index (χ2v) is 9.17. The van der Waals surface area contributed by atoms with Crippen LogP contribution in [0, 0.1) is 11.7 Å². The quantitative estimate of drug-likeness (QED) is 0.775. The maximum absolute atomic E-state index is 14.6. The van der Waals surface area contributed by atoms with Crippen LogP contribution in [0.5, 0.6) is 0 Å². The number of Topliss-reactive ketones (excluding diaryl/α,β-unsaturated/α-hetero) is 1. The van der Waals surface area contributed by atoms with Crippen LogP contribution in [0.1, 0.15) is 63.5 Å². The van der Waals surface area contributed by atoms with Crippen molar-refractivity contribution in [3.05, 3.63) is 35.6 Å². The Morgan fingerprint density at radius 1 is 1.20 bits per heavy atom. The van der Waals surface area contributed by atoms with Crippen LogP contribution < -0.4 is 0 Å². The minimum atomic E-state index is -0.548. The molecule has 1 saturated carbocycles. The van der Waals surface area contributed by atoms with E-state index in [1.54, 1.807) is 19.1 Å². The number of piperidine rings is 1. The summed E-state index contributed by atoms with van der Waals surface area (Å²) in [6, 6.07) is 6.39. The van der Waals surface area contributed by atoms with E-state index in [1.165, 1.54) is 17.8 Å². The van der Waals surface area contributed by atoms with E-state index in [0.29, 0.717) is 5.56 Å². The van der Waals surface area contributed by atoms with Crippen molar-refractivity contribution in [2.24, 2.45) is 5.92 Å². The van der Waals surface area contributed by atoms with Crippen LogP contribution in [0.25, 0.3) is 0 Å². The summed E-state index contributed by atoms with van der Waals surface area (Å²) in [7, 11) is 0. The molecule has 1 aliphatic carbocycles. The number of thioether (sulfide) groups is 1.